The van der Waals surface area contributed by atoms with Crippen molar-refractivity contribution in [3.05, 3.63) is 28.8 Å². The molecule has 4 heteroatoms. The van der Waals surface area contributed by atoms with Gasteiger partial charge in [0.15, 0.2) is 0 Å². The fourth-order valence-corrected chi connectivity index (χ4v) is 2.29. The van der Waals surface area contributed by atoms with Crippen LogP contribution in [0.25, 0.3) is 0 Å². The molecule has 1 aliphatic carbocycles. The van der Waals surface area contributed by atoms with E-state index in [1.165, 1.54) is 0 Å². The van der Waals surface area contributed by atoms with Gasteiger partial charge in [0.05, 0.1) is 13.0 Å². The lowest BCUT2D eigenvalue weighted by Crippen LogP contribution is -2.18. The molecule has 1 fully saturated rings. The third-order valence-electron chi connectivity index (χ3n) is 3.19. The molecule has 1 saturated carbocycles. The van der Waals surface area contributed by atoms with Crippen molar-refractivity contribution in [3.8, 4) is 5.75 Å². The van der Waals surface area contributed by atoms with Gasteiger partial charge in [0.2, 0.25) is 0 Å². The molecular formula is C13H15ClO3. The van der Waals surface area contributed by atoms with Crippen LogP contribution in [0.2, 0.25) is 5.02 Å². The quantitative estimate of drug-likeness (QED) is 0.879. The minimum Gasteiger partial charge on any atom is -0.496 e. The van der Waals surface area contributed by atoms with Crippen molar-refractivity contribution in [2.45, 2.75) is 19.3 Å². The first-order valence-electron chi connectivity index (χ1n) is 5.67. The topological polar surface area (TPSA) is 46.5 Å². The molecule has 1 aromatic rings. The Morgan fingerprint density at radius 1 is 1.59 bits per heavy atom. The van der Waals surface area contributed by atoms with Crippen LogP contribution in [-0.4, -0.2) is 18.2 Å². The summed E-state index contributed by atoms with van der Waals surface area (Å²) in [6.07, 6.45) is 2.52. The molecule has 0 aromatic heterocycles. The van der Waals surface area contributed by atoms with Crippen molar-refractivity contribution in [1.29, 1.82) is 0 Å². The molecule has 1 aromatic carbocycles. The maximum absolute atomic E-state index is 11.2. The maximum Gasteiger partial charge on any atom is 0.307 e. The van der Waals surface area contributed by atoms with Gasteiger partial charge in [-0.3, -0.25) is 4.79 Å². The van der Waals surface area contributed by atoms with Crippen molar-refractivity contribution < 1.29 is 14.6 Å². The first-order chi connectivity index (χ1) is 8.11. The number of carbonyl (C=O) groups is 1. The van der Waals surface area contributed by atoms with E-state index < -0.39 is 5.97 Å². The monoisotopic (exact) mass is 254 g/mol. The molecule has 1 aliphatic rings. The van der Waals surface area contributed by atoms with E-state index >= 15 is 0 Å². The van der Waals surface area contributed by atoms with Crippen LogP contribution in [0.15, 0.2) is 18.2 Å². The maximum atomic E-state index is 11.2. The van der Waals surface area contributed by atoms with E-state index in [9.17, 15) is 9.90 Å². The summed E-state index contributed by atoms with van der Waals surface area (Å²) in [7, 11) is 1.58. The average Bonchev–Trinajstić information content (AvgIpc) is 3.09. The Balaban J connectivity index is 2.20. The first-order valence-corrected chi connectivity index (χ1v) is 6.05. The third-order valence-corrected chi connectivity index (χ3v) is 3.43. The largest absolute Gasteiger partial charge is 0.496 e. The molecule has 0 heterocycles. The number of hydrogen-bond acceptors (Lipinski definition) is 2. The van der Waals surface area contributed by atoms with Crippen molar-refractivity contribution in [3.63, 3.8) is 0 Å². The van der Waals surface area contributed by atoms with Crippen LogP contribution in [0.3, 0.4) is 0 Å². The highest BCUT2D eigenvalue weighted by atomic mass is 35.5. The van der Waals surface area contributed by atoms with Gasteiger partial charge >= 0.3 is 5.97 Å². The summed E-state index contributed by atoms with van der Waals surface area (Å²) in [4.78, 5) is 11.2. The number of methoxy groups -OCH3 is 1. The fourth-order valence-electron chi connectivity index (χ4n) is 2.10. The van der Waals surface area contributed by atoms with Gasteiger partial charge < -0.3 is 9.84 Å². The van der Waals surface area contributed by atoms with Crippen LogP contribution in [0, 0.1) is 11.8 Å². The molecule has 0 spiro atoms. The van der Waals surface area contributed by atoms with Crippen LogP contribution < -0.4 is 4.74 Å². The Morgan fingerprint density at radius 2 is 2.29 bits per heavy atom. The summed E-state index contributed by atoms with van der Waals surface area (Å²) >= 11 is 5.93. The van der Waals surface area contributed by atoms with E-state index in [1.807, 2.05) is 0 Å². The SMILES string of the molecule is COc1ccc(Cl)cc1CC(C(=O)O)C1CC1. The van der Waals surface area contributed by atoms with Crippen LogP contribution >= 0.6 is 11.6 Å². The lowest BCUT2D eigenvalue weighted by atomic mass is 9.94. The van der Waals surface area contributed by atoms with E-state index in [1.54, 1.807) is 25.3 Å². The van der Waals surface area contributed by atoms with Gasteiger partial charge in [-0.2, -0.15) is 0 Å². The van der Waals surface area contributed by atoms with Crippen LogP contribution in [-0.2, 0) is 11.2 Å². The standard InChI is InChI=1S/C13H15ClO3/c1-17-12-5-4-10(14)6-9(12)7-11(13(15)16)8-2-3-8/h4-6,8,11H,2-3,7H2,1H3,(H,15,16). The molecule has 0 radical (unpaired) electrons. The highest BCUT2D eigenvalue weighted by Gasteiger charge is 2.36. The summed E-state index contributed by atoms with van der Waals surface area (Å²) in [5, 5.41) is 9.82. The Morgan fingerprint density at radius 3 is 2.82 bits per heavy atom. The van der Waals surface area contributed by atoms with Crippen molar-refractivity contribution >= 4 is 17.6 Å². The molecular weight excluding hydrogens is 240 g/mol. The summed E-state index contributed by atoms with van der Waals surface area (Å²) in [6.45, 7) is 0. The number of ether oxygens (including phenoxy) is 1. The van der Waals surface area contributed by atoms with E-state index in [0.29, 0.717) is 23.1 Å². The number of carboxylic acid groups (broad SMARTS) is 1. The van der Waals surface area contributed by atoms with E-state index in [0.717, 1.165) is 18.4 Å². The summed E-state index contributed by atoms with van der Waals surface area (Å²) in [5.74, 6) is -0.0191. The van der Waals surface area contributed by atoms with Gasteiger partial charge in [-0.05, 0) is 48.9 Å². The number of rotatable bonds is 5. The molecule has 3 nitrogen and oxygen atoms in total. The predicted octanol–water partition coefficient (Wildman–Crippen LogP) is 3.00. The Hall–Kier alpha value is -1.22. The van der Waals surface area contributed by atoms with Crippen molar-refractivity contribution in [1.82, 2.24) is 0 Å². The minimum atomic E-state index is -0.727. The molecule has 2 rings (SSSR count). The molecule has 1 atom stereocenters. The summed E-state index contributed by atoms with van der Waals surface area (Å²) in [6, 6.07) is 5.32. The lowest BCUT2D eigenvalue weighted by molar-refractivity contribution is -0.142. The van der Waals surface area contributed by atoms with Crippen LogP contribution in [0.5, 0.6) is 5.75 Å². The van der Waals surface area contributed by atoms with Gasteiger partial charge in [0.1, 0.15) is 5.75 Å². The fraction of sp³-hybridized carbons (Fsp3) is 0.462. The Labute approximate surface area is 105 Å². The second kappa shape index (κ2) is 4.96. The molecule has 92 valence electrons. The number of hydrogen-bond donors (Lipinski definition) is 1. The number of carboxylic acids is 1. The number of halogens is 1. The van der Waals surface area contributed by atoms with Crippen LogP contribution in [0.1, 0.15) is 18.4 Å². The normalized spacial score (nSPS) is 16.6. The number of aliphatic carboxylic acids is 1. The molecule has 0 amide bonds. The molecule has 0 saturated heterocycles. The van der Waals surface area contributed by atoms with Crippen molar-refractivity contribution in [2.75, 3.05) is 7.11 Å². The second-order valence-corrected chi connectivity index (χ2v) is 4.88. The van der Waals surface area contributed by atoms with Gasteiger partial charge in [0.25, 0.3) is 0 Å². The summed E-state index contributed by atoms with van der Waals surface area (Å²) < 4.78 is 5.23. The highest BCUT2D eigenvalue weighted by Crippen LogP contribution is 2.40. The Bertz CT molecular complexity index is 427. The zero-order chi connectivity index (χ0) is 12.4. The molecule has 0 aliphatic heterocycles. The van der Waals surface area contributed by atoms with E-state index in [-0.39, 0.29) is 5.92 Å². The smallest absolute Gasteiger partial charge is 0.307 e. The molecule has 17 heavy (non-hydrogen) atoms. The average molecular weight is 255 g/mol. The zero-order valence-corrected chi connectivity index (χ0v) is 10.4. The van der Waals surface area contributed by atoms with Gasteiger partial charge in [0, 0.05) is 5.02 Å². The van der Waals surface area contributed by atoms with Gasteiger partial charge in [-0.25, -0.2) is 0 Å². The Kier molecular flexibility index (Phi) is 3.57. The zero-order valence-electron chi connectivity index (χ0n) is 9.65. The summed E-state index contributed by atoms with van der Waals surface area (Å²) in [5.41, 5.74) is 0.874. The number of benzene rings is 1. The third kappa shape index (κ3) is 2.91. The highest BCUT2D eigenvalue weighted by molar-refractivity contribution is 6.30. The van der Waals surface area contributed by atoms with E-state index in [2.05, 4.69) is 0 Å². The minimum absolute atomic E-state index is 0.316. The van der Waals surface area contributed by atoms with Crippen LogP contribution in [0.4, 0.5) is 0 Å². The first kappa shape index (κ1) is 12.2. The second-order valence-electron chi connectivity index (χ2n) is 4.44. The molecule has 0 bridgehead atoms. The van der Waals surface area contributed by atoms with Gasteiger partial charge in [-0.15, -0.1) is 0 Å². The van der Waals surface area contributed by atoms with Gasteiger partial charge in [-0.1, -0.05) is 11.6 Å². The molecule has 1 unspecified atom stereocenters. The lowest BCUT2D eigenvalue weighted by Gasteiger charge is -2.14. The molecule has 1 N–H and O–H groups in total. The predicted molar refractivity (Wildman–Crippen MR) is 65.6 cm³/mol. The van der Waals surface area contributed by atoms with Crippen molar-refractivity contribution in [2.24, 2.45) is 11.8 Å². The van der Waals surface area contributed by atoms with E-state index in [4.69, 9.17) is 16.3 Å².